The summed E-state index contributed by atoms with van der Waals surface area (Å²) in [6, 6.07) is 12.9. The Balaban J connectivity index is 2.11. The van der Waals surface area contributed by atoms with E-state index in [0.29, 0.717) is 22.7 Å². The Hall–Kier alpha value is -3.18. The summed E-state index contributed by atoms with van der Waals surface area (Å²) in [5.41, 5.74) is 1.12. The maximum atomic E-state index is 13.4. The van der Waals surface area contributed by atoms with Gasteiger partial charge in [0.2, 0.25) is 0 Å². The zero-order chi connectivity index (χ0) is 21.1. The molecule has 1 unspecified atom stereocenters. The Morgan fingerprint density at radius 1 is 1.21 bits per heavy atom. The summed E-state index contributed by atoms with van der Waals surface area (Å²) in [4.78, 5) is 14.1. The molecule has 150 valence electrons. The van der Waals surface area contributed by atoms with Gasteiger partial charge in [-0.3, -0.25) is 4.79 Å². The number of anilines is 1. The molecule has 0 aliphatic carbocycles. The average Bonchev–Trinajstić information content (AvgIpc) is 2.69. The SMILES string of the molecule is COc1cc(C2NC(=O)C(C#N)=C(S)N2c2ccc(F)cc2)ccc1OC(C)C. The monoisotopic (exact) mass is 413 g/mol. The van der Waals surface area contributed by atoms with Gasteiger partial charge in [-0.05, 0) is 55.8 Å². The number of nitrogens with one attached hydrogen (secondary N) is 1. The number of hydrogen-bond donors (Lipinski definition) is 2. The highest BCUT2D eigenvalue weighted by atomic mass is 32.1. The molecule has 1 aliphatic heterocycles. The van der Waals surface area contributed by atoms with E-state index in [1.54, 1.807) is 35.2 Å². The highest BCUT2D eigenvalue weighted by Crippen LogP contribution is 2.38. The number of rotatable bonds is 5. The molecular formula is C21H20FN3O3S. The van der Waals surface area contributed by atoms with Crippen molar-refractivity contribution in [2.75, 3.05) is 12.0 Å². The second kappa shape index (κ2) is 8.45. The van der Waals surface area contributed by atoms with Gasteiger partial charge in [-0.15, -0.1) is 12.6 Å². The molecule has 1 atom stereocenters. The second-order valence-corrected chi connectivity index (χ2v) is 7.03. The fourth-order valence-electron chi connectivity index (χ4n) is 3.02. The van der Waals surface area contributed by atoms with Gasteiger partial charge in [0.05, 0.1) is 18.2 Å². The number of carbonyl (C=O) groups is 1. The van der Waals surface area contributed by atoms with Crippen LogP contribution in [0.4, 0.5) is 10.1 Å². The summed E-state index contributed by atoms with van der Waals surface area (Å²) >= 11 is 4.42. The van der Waals surface area contributed by atoms with Crippen molar-refractivity contribution in [2.45, 2.75) is 26.1 Å². The lowest BCUT2D eigenvalue weighted by molar-refractivity contribution is -0.118. The topological polar surface area (TPSA) is 74.6 Å². The molecule has 1 aliphatic rings. The smallest absolute Gasteiger partial charge is 0.266 e. The molecule has 6 nitrogen and oxygen atoms in total. The lowest BCUT2D eigenvalue weighted by atomic mass is 10.1. The van der Waals surface area contributed by atoms with Crippen LogP contribution in [0.1, 0.15) is 25.6 Å². The van der Waals surface area contributed by atoms with Gasteiger partial charge in [-0.1, -0.05) is 6.07 Å². The van der Waals surface area contributed by atoms with Crippen molar-refractivity contribution in [3.63, 3.8) is 0 Å². The van der Waals surface area contributed by atoms with Crippen LogP contribution in [0.25, 0.3) is 0 Å². The Bertz CT molecular complexity index is 999. The lowest BCUT2D eigenvalue weighted by Gasteiger charge is -2.38. The minimum absolute atomic E-state index is 0.0370. The van der Waals surface area contributed by atoms with E-state index in [9.17, 15) is 14.4 Å². The molecule has 0 aromatic heterocycles. The van der Waals surface area contributed by atoms with Gasteiger partial charge in [0.1, 0.15) is 23.6 Å². The van der Waals surface area contributed by atoms with Crippen LogP contribution in [0.2, 0.25) is 0 Å². The highest BCUT2D eigenvalue weighted by Gasteiger charge is 2.34. The van der Waals surface area contributed by atoms with Crippen molar-refractivity contribution in [3.8, 4) is 17.6 Å². The zero-order valence-corrected chi connectivity index (χ0v) is 17.0. The number of nitriles is 1. The van der Waals surface area contributed by atoms with Crippen LogP contribution in [0.5, 0.6) is 11.5 Å². The fraction of sp³-hybridized carbons (Fsp3) is 0.238. The molecule has 0 bridgehead atoms. The lowest BCUT2D eigenvalue weighted by Crippen LogP contribution is -2.46. The maximum Gasteiger partial charge on any atom is 0.266 e. The van der Waals surface area contributed by atoms with Crippen LogP contribution in [0, 0.1) is 17.1 Å². The quantitative estimate of drug-likeness (QED) is 0.727. The van der Waals surface area contributed by atoms with Crippen LogP contribution in [0.15, 0.2) is 53.1 Å². The molecule has 1 N–H and O–H groups in total. The molecule has 0 radical (unpaired) electrons. The van der Waals surface area contributed by atoms with Gasteiger partial charge >= 0.3 is 0 Å². The van der Waals surface area contributed by atoms with E-state index in [0.717, 1.165) is 0 Å². The first-order valence-electron chi connectivity index (χ1n) is 8.89. The van der Waals surface area contributed by atoms with Crippen molar-refractivity contribution in [2.24, 2.45) is 0 Å². The van der Waals surface area contributed by atoms with E-state index >= 15 is 0 Å². The summed E-state index contributed by atoms with van der Waals surface area (Å²) in [5.74, 6) is 0.136. The molecule has 29 heavy (non-hydrogen) atoms. The van der Waals surface area contributed by atoms with Gasteiger partial charge in [-0.25, -0.2) is 4.39 Å². The second-order valence-electron chi connectivity index (χ2n) is 6.61. The molecule has 3 rings (SSSR count). The number of amides is 1. The summed E-state index contributed by atoms with van der Waals surface area (Å²) in [6.45, 7) is 3.82. The third kappa shape index (κ3) is 4.15. The summed E-state index contributed by atoms with van der Waals surface area (Å²) in [6.07, 6.45) is -0.718. The van der Waals surface area contributed by atoms with Crippen molar-refractivity contribution in [1.29, 1.82) is 5.26 Å². The third-order valence-electron chi connectivity index (χ3n) is 4.29. The van der Waals surface area contributed by atoms with Crippen LogP contribution < -0.4 is 19.7 Å². The molecule has 0 saturated heterocycles. The first-order valence-corrected chi connectivity index (χ1v) is 9.34. The number of benzene rings is 2. The Kier molecular flexibility index (Phi) is 5.99. The molecule has 0 fully saturated rings. The van der Waals surface area contributed by atoms with Gasteiger partial charge in [-0.2, -0.15) is 5.26 Å². The standard InChI is InChI=1S/C21H20FN3O3S/c1-12(2)28-17-9-4-13(10-18(17)27-3)19-24-20(26)16(11-23)21(29)25(19)15-7-5-14(22)6-8-15/h4-10,12,19,29H,1-3H3,(H,24,26). The minimum atomic E-state index is -0.681. The van der Waals surface area contributed by atoms with E-state index < -0.39 is 17.9 Å². The number of methoxy groups -OCH3 is 1. The van der Waals surface area contributed by atoms with Crippen molar-refractivity contribution in [3.05, 3.63) is 64.4 Å². The summed E-state index contributed by atoms with van der Waals surface area (Å²) < 4.78 is 24.6. The predicted octanol–water partition coefficient (Wildman–Crippen LogP) is 3.92. The van der Waals surface area contributed by atoms with Gasteiger partial charge in [0.15, 0.2) is 11.5 Å². The van der Waals surface area contributed by atoms with Gasteiger partial charge in [0.25, 0.3) is 5.91 Å². The number of hydrogen-bond acceptors (Lipinski definition) is 6. The molecular weight excluding hydrogens is 393 g/mol. The van der Waals surface area contributed by atoms with E-state index in [2.05, 4.69) is 17.9 Å². The van der Waals surface area contributed by atoms with Crippen molar-refractivity contribution in [1.82, 2.24) is 5.32 Å². The van der Waals surface area contributed by atoms with Crippen LogP contribution >= 0.6 is 12.6 Å². The average molecular weight is 413 g/mol. The normalized spacial score (nSPS) is 16.5. The minimum Gasteiger partial charge on any atom is -0.493 e. The van der Waals surface area contributed by atoms with E-state index in [-0.39, 0.29) is 16.7 Å². The number of nitrogens with zero attached hydrogens (tertiary/aromatic N) is 2. The van der Waals surface area contributed by atoms with Crippen LogP contribution in [0.3, 0.4) is 0 Å². The number of ether oxygens (including phenoxy) is 2. The predicted molar refractivity (Wildman–Crippen MR) is 110 cm³/mol. The van der Waals surface area contributed by atoms with E-state index in [4.69, 9.17) is 9.47 Å². The van der Waals surface area contributed by atoms with Crippen molar-refractivity contribution < 1.29 is 18.7 Å². The van der Waals surface area contributed by atoms with Crippen LogP contribution in [-0.4, -0.2) is 19.1 Å². The molecule has 1 amide bonds. The maximum absolute atomic E-state index is 13.4. The Morgan fingerprint density at radius 3 is 2.48 bits per heavy atom. The first kappa shape index (κ1) is 20.6. The van der Waals surface area contributed by atoms with E-state index in [1.165, 1.54) is 19.2 Å². The third-order valence-corrected chi connectivity index (χ3v) is 4.73. The fourth-order valence-corrected chi connectivity index (χ4v) is 3.40. The zero-order valence-electron chi connectivity index (χ0n) is 16.1. The van der Waals surface area contributed by atoms with E-state index in [1.807, 2.05) is 19.9 Å². The number of halogens is 1. The van der Waals surface area contributed by atoms with Gasteiger partial charge < -0.3 is 19.7 Å². The van der Waals surface area contributed by atoms with Crippen LogP contribution in [-0.2, 0) is 4.79 Å². The summed E-state index contributed by atoms with van der Waals surface area (Å²) in [5, 5.41) is 12.3. The molecule has 0 spiro atoms. The van der Waals surface area contributed by atoms with Crippen molar-refractivity contribution >= 4 is 24.2 Å². The molecule has 2 aromatic carbocycles. The largest absolute Gasteiger partial charge is 0.493 e. The first-order chi connectivity index (χ1) is 13.8. The number of thiol groups is 1. The molecule has 8 heteroatoms. The highest BCUT2D eigenvalue weighted by molar-refractivity contribution is 7.84. The Labute approximate surface area is 173 Å². The molecule has 0 saturated carbocycles. The molecule has 2 aromatic rings. The molecule has 1 heterocycles. The number of carbonyl (C=O) groups excluding carboxylic acids is 1. The summed E-state index contributed by atoms with van der Waals surface area (Å²) in [7, 11) is 1.53. The van der Waals surface area contributed by atoms with Gasteiger partial charge in [0, 0.05) is 5.69 Å². The Morgan fingerprint density at radius 2 is 1.90 bits per heavy atom.